The molecule has 2 aromatic carbocycles. The molecule has 1 aliphatic carbocycles. The summed E-state index contributed by atoms with van der Waals surface area (Å²) < 4.78 is 1.35. The summed E-state index contributed by atoms with van der Waals surface area (Å²) in [6.45, 7) is 0. The maximum atomic E-state index is 5.94. The lowest BCUT2D eigenvalue weighted by atomic mass is 9.76. The van der Waals surface area contributed by atoms with Crippen molar-refractivity contribution < 1.29 is 0 Å². The summed E-state index contributed by atoms with van der Waals surface area (Å²) in [5.74, 6) is 0.671. The van der Waals surface area contributed by atoms with Crippen LogP contribution in [0.2, 0.25) is 5.02 Å². The Morgan fingerprint density at radius 3 is 2.62 bits per heavy atom. The van der Waals surface area contributed by atoms with Crippen molar-refractivity contribution in [1.82, 2.24) is 0 Å². The molecule has 0 saturated heterocycles. The first-order chi connectivity index (χ1) is 10.3. The van der Waals surface area contributed by atoms with Crippen LogP contribution in [0.25, 0.3) is 10.1 Å². The molecule has 0 radical (unpaired) electrons. The molecule has 1 N–H and O–H groups in total. The second-order valence-corrected chi connectivity index (χ2v) is 7.12. The van der Waals surface area contributed by atoms with Crippen LogP contribution in [0.4, 0.5) is 5.69 Å². The summed E-state index contributed by atoms with van der Waals surface area (Å²) in [5.41, 5.74) is 2.64. The molecular weight excluding hydrogens is 298 g/mol. The molecule has 4 rings (SSSR count). The molecule has 0 amide bonds. The molecule has 1 nitrogen and oxygen atoms in total. The van der Waals surface area contributed by atoms with Crippen molar-refractivity contribution in [2.24, 2.45) is 0 Å². The minimum Gasteiger partial charge on any atom is -0.382 e. The molecule has 1 saturated carbocycles. The third-order valence-corrected chi connectivity index (χ3v) is 5.45. The summed E-state index contributed by atoms with van der Waals surface area (Å²) in [5, 5.41) is 7.95. The highest BCUT2D eigenvalue weighted by Gasteiger charge is 2.30. The normalized spacial score (nSPS) is 21.2. The summed E-state index contributed by atoms with van der Waals surface area (Å²) in [7, 11) is 0. The van der Waals surface area contributed by atoms with Gasteiger partial charge in [-0.3, -0.25) is 0 Å². The van der Waals surface area contributed by atoms with E-state index in [4.69, 9.17) is 11.6 Å². The van der Waals surface area contributed by atoms with Crippen LogP contribution in [0.5, 0.6) is 0 Å². The average molecular weight is 314 g/mol. The van der Waals surface area contributed by atoms with E-state index in [1.165, 1.54) is 34.2 Å². The van der Waals surface area contributed by atoms with Crippen molar-refractivity contribution in [1.29, 1.82) is 0 Å². The highest BCUT2D eigenvalue weighted by molar-refractivity contribution is 7.17. The molecule has 0 aliphatic heterocycles. The number of hydrogen-bond acceptors (Lipinski definition) is 2. The molecular formula is C18H16ClNS. The van der Waals surface area contributed by atoms with E-state index in [0.29, 0.717) is 12.0 Å². The Bertz CT molecular complexity index is 756. The van der Waals surface area contributed by atoms with E-state index < -0.39 is 0 Å². The number of hydrogen-bond donors (Lipinski definition) is 1. The fourth-order valence-corrected chi connectivity index (χ4v) is 3.93. The Kier molecular flexibility index (Phi) is 3.36. The smallest absolute Gasteiger partial charge is 0.0406 e. The van der Waals surface area contributed by atoms with Crippen LogP contribution in [-0.4, -0.2) is 6.04 Å². The van der Waals surface area contributed by atoms with Gasteiger partial charge in [0, 0.05) is 21.5 Å². The highest BCUT2D eigenvalue weighted by atomic mass is 35.5. The lowest BCUT2D eigenvalue weighted by Gasteiger charge is -2.37. The lowest BCUT2D eigenvalue weighted by molar-refractivity contribution is 0.374. The highest BCUT2D eigenvalue weighted by Crippen LogP contribution is 2.39. The van der Waals surface area contributed by atoms with E-state index in [1.54, 1.807) is 11.3 Å². The first kappa shape index (κ1) is 13.2. The van der Waals surface area contributed by atoms with E-state index in [1.807, 2.05) is 12.1 Å². The first-order valence-electron chi connectivity index (χ1n) is 7.27. The van der Waals surface area contributed by atoms with Crippen molar-refractivity contribution in [3.8, 4) is 0 Å². The molecule has 0 bridgehead atoms. The Labute approximate surface area is 133 Å². The number of thiophene rings is 1. The fraction of sp³-hybridized carbons (Fsp3) is 0.222. The molecule has 1 aliphatic rings. The molecule has 0 atom stereocenters. The number of nitrogens with one attached hydrogen (secondary N) is 1. The van der Waals surface area contributed by atoms with E-state index in [9.17, 15) is 0 Å². The number of halogens is 1. The summed E-state index contributed by atoms with van der Waals surface area (Å²) >= 11 is 7.74. The predicted octanol–water partition coefficient (Wildman–Crippen LogP) is 5.91. The molecule has 1 heterocycles. The molecule has 1 fully saturated rings. The van der Waals surface area contributed by atoms with Crippen molar-refractivity contribution in [2.75, 3.05) is 5.32 Å². The summed E-state index contributed by atoms with van der Waals surface area (Å²) in [6, 6.07) is 17.7. The molecule has 0 spiro atoms. The lowest BCUT2D eigenvalue weighted by Crippen LogP contribution is -2.33. The van der Waals surface area contributed by atoms with Gasteiger partial charge in [-0.05, 0) is 71.5 Å². The van der Waals surface area contributed by atoms with Gasteiger partial charge in [-0.2, -0.15) is 0 Å². The average Bonchev–Trinajstić information content (AvgIpc) is 2.91. The van der Waals surface area contributed by atoms with Crippen LogP contribution in [0.1, 0.15) is 24.3 Å². The zero-order chi connectivity index (χ0) is 14.2. The first-order valence-corrected chi connectivity index (χ1v) is 8.53. The molecule has 21 heavy (non-hydrogen) atoms. The summed E-state index contributed by atoms with van der Waals surface area (Å²) in [4.78, 5) is 0. The van der Waals surface area contributed by atoms with E-state index >= 15 is 0 Å². The fourth-order valence-electron chi connectivity index (χ4n) is 3.03. The van der Waals surface area contributed by atoms with Crippen LogP contribution in [-0.2, 0) is 0 Å². The molecule has 0 unspecified atom stereocenters. The molecule has 3 heteroatoms. The third kappa shape index (κ3) is 2.66. The van der Waals surface area contributed by atoms with Crippen LogP contribution in [0, 0.1) is 0 Å². The number of anilines is 1. The minimum absolute atomic E-state index is 0.585. The topological polar surface area (TPSA) is 12.0 Å². The van der Waals surface area contributed by atoms with Gasteiger partial charge in [0.25, 0.3) is 0 Å². The maximum Gasteiger partial charge on any atom is 0.0406 e. The van der Waals surface area contributed by atoms with Crippen LogP contribution < -0.4 is 5.32 Å². The summed E-state index contributed by atoms with van der Waals surface area (Å²) in [6.07, 6.45) is 2.40. The standard InChI is InChI=1S/C18H16ClNS/c19-15-3-1-12(2-4-15)14-10-17(11-14)20-16-5-6-18-13(9-16)7-8-21-18/h1-9,14,17,20H,10-11H2. The minimum atomic E-state index is 0.585. The Balaban J connectivity index is 1.40. The van der Waals surface area contributed by atoms with Gasteiger partial charge in [-0.25, -0.2) is 0 Å². The van der Waals surface area contributed by atoms with Crippen molar-refractivity contribution in [3.05, 3.63) is 64.5 Å². The van der Waals surface area contributed by atoms with Gasteiger partial charge in [0.1, 0.15) is 0 Å². The Morgan fingerprint density at radius 2 is 1.81 bits per heavy atom. The van der Waals surface area contributed by atoms with Gasteiger partial charge in [0.15, 0.2) is 0 Å². The van der Waals surface area contributed by atoms with Gasteiger partial charge >= 0.3 is 0 Å². The van der Waals surface area contributed by atoms with Crippen molar-refractivity contribution in [3.63, 3.8) is 0 Å². The van der Waals surface area contributed by atoms with Gasteiger partial charge in [-0.1, -0.05) is 23.7 Å². The van der Waals surface area contributed by atoms with Crippen molar-refractivity contribution in [2.45, 2.75) is 24.8 Å². The van der Waals surface area contributed by atoms with Crippen LogP contribution >= 0.6 is 22.9 Å². The van der Waals surface area contributed by atoms with E-state index in [2.05, 4.69) is 47.1 Å². The SMILES string of the molecule is Clc1ccc(C2CC(Nc3ccc4sccc4c3)C2)cc1. The maximum absolute atomic E-state index is 5.94. The predicted molar refractivity (Wildman–Crippen MR) is 92.7 cm³/mol. The third-order valence-electron chi connectivity index (χ3n) is 4.30. The zero-order valence-electron chi connectivity index (χ0n) is 11.6. The second-order valence-electron chi connectivity index (χ2n) is 5.73. The van der Waals surface area contributed by atoms with Crippen LogP contribution in [0.15, 0.2) is 53.9 Å². The van der Waals surface area contributed by atoms with Gasteiger partial charge < -0.3 is 5.32 Å². The number of benzene rings is 2. The van der Waals surface area contributed by atoms with E-state index in [-0.39, 0.29) is 0 Å². The van der Waals surface area contributed by atoms with Crippen molar-refractivity contribution >= 4 is 38.7 Å². The van der Waals surface area contributed by atoms with Gasteiger partial charge in [-0.15, -0.1) is 11.3 Å². The zero-order valence-corrected chi connectivity index (χ0v) is 13.1. The van der Waals surface area contributed by atoms with Crippen LogP contribution in [0.3, 0.4) is 0 Å². The van der Waals surface area contributed by atoms with Gasteiger partial charge in [0.2, 0.25) is 0 Å². The largest absolute Gasteiger partial charge is 0.382 e. The molecule has 1 aromatic heterocycles. The molecule has 106 valence electrons. The van der Waals surface area contributed by atoms with E-state index in [0.717, 1.165) is 5.02 Å². The molecule has 3 aromatic rings. The Hall–Kier alpha value is -1.51. The van der Waals surface area contributed by atoms with Gasteiger partial charge in [0.05, 0.1) is 0 Å². The monoisotopic (exact) mass is 313 g/mol. The number of fused-ring (bicyclic) bond motifs is 1. The Morgan fingerprint density at radius 1 is 1.00 bits per heavy atom. The second kappa shape index (κ2) is 5.36. The number of rotatable bonds is 3. The quantitative estimate of drug-likeness (QED) is 0.633.